The van der Waals surface area contributed by atoms with Gasteiger partial charge in [-0.15, -0.1) is 0 Å². The molecule has 0 N–H and O–H groups in total. The maximum absolute atomic E-state index is 12.5. The maximum atomic E-state index is 12.5. The molecule has 0 aliphatic heterocycles. The average molecular weight is 290 g/mol. The molecule has 4 heteroatoms. The quantitative estimate of drug-likeness (QED) is 0.589. The highest BCUT2D eigenvalue weighted by molar-refractivity contribution is 5.82. The van der Waals surface area contributed by atoms with Gasteiger partial charge < -0.3 is 9.47 Å². The number of rotatable bonds is 4. The fraction of sp³-hybridized carbons (Fsp3) is 0.647. The molecule has 3 rings (SSSR count). The zero-order chi connectivity index (χ0) is 15.0. The number of ether oxygens (including phenoxy) is 2. The summed E-state index contributed by atoms with van der Waals surface area (Å²) in [6.07, 6.45) is 8.99. The van der Waals surface area contributed by atoms with Crippen molar-refractivity contribution < 1.29 is 19.1 Å². The van der Waals surface area contributed by atoms with Gasteiger partial charge in [0.2, 0.25) is 0 Å². The molecule has 0 aromatic heterocycles. The van der Waals surface area contributed by atoms with Crippen molar-refractivity contribution in [1.82, 2.24) is 0 Å². The second kappa shape index (κ2) is 5.32. The molecular formula is C17H22O4. The van der Waals surface area contributed by atoms with E-state index in [1.54, 1.807) is 0 Å². The minimum absolute atomic E-state index is 0.00333. The van der Waals surface area contributed by atoms with Crippen LogP contribution in [0.3, 0.4) is 0 Å². The summed E-state index contributed by atoms with van der Waals surface area (Å²) in [5.41, 5.74) is -0.291. The highest BCUT2D eigenvalue weighted by atomic mass is 16.6. The molecular weight excluding hydrogens is 268 g/mol. The van der Waals surface area contributed by atoms with Crippen molar-refractivity contribution >= 4 is 11.9 Å². The molecule has 2 bridgehead atoms. The number of esters is 2. The predicted octanol–water partition coefficient (Wildman–Crippen LogP) is 3.13. The van der Waals surface area contributed by atoms with Crippen LogP contribution < -0.4 is 0 Å². The second-order valence-corrected chi connectivity index (χ2v) is 6.72. The molecule has 2 saturated carbocycles. The van der Waals surface area contributed by atoms with E-state index in [1.165, 1.54) is 0 Å². The number of fused-ring (bicyclic) bond motifs is 2. The summed E-state index contributed by atoms with van der Waals surface area (Å²) in [5, 5.41) is 0. The van der Waals surface area contributed by atoms with E-state index in [4.69, 9.17) is 9.47 Å². The van der Waals surface area contributed by atoms with Gasteiger partial charge in [-0.2, -0.15) is 0 Å². The minimum atomic E-state index is -0.455. The Bertz CT molecular complexity index is 499. The van der Waals surface area contributed by atoms with Crippen molar-refractivity contribution in [2.24, 2.45) is 17.8 Å². The van der Waals surface area contributed by atoms with Crippen LogP contribution in [-0.2, 0) is 19.1 Å². The lowest BCUT2D eigenvalue weighted by Gasteiger charge is -2.28. The van der Waals surface area contributed by atoms with Crippen molar-refractivity contribution in [3.05, 3.63) is 24.5 Å². The van der Waals surface area contributed by atoms with Gasteiger partial charge >= 0.3 is 11.9 Å². The Hall–Kier alpha value is -1.58. The summed E-state index contributed by atoms with van der Waals surface area (Å²) >= 11 is 0. The van der Waals surface area contributed by atoms with Crippen molar-refractivity contribution in [2.75, 3.05) is 0 Å². The Morgan fingerprint density at radius 1 is 1.33 bits per heavy atom. The number of allylic oxidation sites excluding steroid dienone is 2. The lowest BCUT2D eigenvalue weighted by atomic mass is 9.91. The van der Waals surface area contributed by atoms with E-state index in [1.807, 2.05) is 13.0 Å². The summed E-state index contributed by atoms with van der Waals surface area (Å²) in [5.74, 6) is 0.225. The standard InChI is InChI=1S/C17H22O4/c1-3-15(18)20-14-10-11-8-12(14)13(9-11)16(19)21-17(2)6-4-5-7-17/h3,10-13H,1,4-9H2,2H3. The molecule has 3 unspecified atom stereocenters. The van der Waals surface area contributed by atoms with Gasteiger partial charge in [-0.1, -0.05) is 6.58 Å². The van der Waals surface area contributed by atoms with Gasteiger partial charge in [0, 0.05) is 12.0 Å². The highest BCUT2D eigenvalue weighted by Crippen LogP contribution is 2.49. The fourth-order valence-electron chi connectivity index (χ4n) is 3.96. The van der Waals surface area contributed by atoms with Crippen molar-refractivity contribution in [1.29, 1.82) is 0 Å². The predicted molar refractivity (Wildman–Crippen MR) is 77.0 cm³/mol. The number of carbonyl (C=O) groups excluding carboxylic acids is 2. The summed E-state index contributed by atoms with van der Waals surface area (Å²) in [7, 11) is 0. The van der Waals surface area contributed by atoms with Crippen molar-refractivity contribution in [2.45, 2.75) is 51.0 Å². The largest absolute Gasteiger partial charge is 0.459 e. The van der Waals surface area contributed by atoms with E-state index >= 15 is 0 Å². The first-order valence-electron chi connectivity index (χ1n) is 7.79. The van der Waals surface area contributed by atoms with E-state index in [2.05, 4.69) is 6.58 Å². The van der Waals surface area contributed by atoms with Gasteiger partial charge in [0.25, 0.3) is 0 Å². The van der Waals surface area contributed by atoms with Gasteiger partial charge in [0.1, 0.15) is 11.4 Å². The van der Waals surface area contributed by atoms with Gasteiger partial charge in [-0.05, 0) is 57.4 Å². The third kappa shape index (κ3) is 2.76. The van der Waals surface area contributed by atoms with Gasteiger partial charge in [-0.3, -0.25) is 4.79 Å². The van der Waals surface area contributed by atoms with E-state index in [9.17, 15) is 9.59 Å². The van der Waals surface area contributed by atoms with E-state index in [0.29, 0.717) is 11.7 Å². The van der Waals surface area contributed by atoms with Crippen LogP contribution in [0.4, 0.5) is 0 Å². The third-order valence-electron chi connectivity index (χ3n) is 5.06. The molecule has 4 nitrogen and oxygen atoms in total. The first kappa shape index (κ1) is 14.4. The zero-order valence-corrected chi connectivity index (χ0v) is 12.5. The van der Waals surface area contributed by atoms with Crippen LogP contribution in [0, 0.1) is 17.8 Å². The lowest BCUT2D eigenvalue weighted by molar-refractivity contribution is -0.164. The molecule has 0 spiro atoms. The van der Waals surface area contributed by atoms with Crippen LogP contribution in [0.2, 0.25) is 0 Å². The van der Waals surface area contributed by atoms with Gasteiger partial charge in [0.05, 0.1) is 5.92 Å². The zero-order valence-electron chi connectivity index (χ0n) is 12.5. The first-order chi connectivity index (χ1) is 10.0. The molecule has 114 valence electrons. The Balaban J connectivity index is 1.65. The summed E-state index contributed by atoms with van der Waals surface area (Å²) in [6, 6.07) is 0. The van der Waals surface area contributed by atoms with Gasteiger partial charge in [-0.25, -0.2) is 4.79 Å². The Morgan fingerprint density at radius 3 is 2.67 bits per heavy atom. The average Bonchev–Trinajstić information content (AvgIpc) is 3.13. The monoisotopic (exact) mass is 290 g/mol. The van der Waals surface area contributed by atoms with Crippen LogP contribution in [0.15, 0.2) is 24.5 Å². The number of carbonyl (C=O) groups is 2. The molecule has 2 fully saturated rings. The molecule has 0 amide bonds. The Labute approximate surface area is 125 Å². The van der Waals surface area contributed by atoms with Crippen molar-refractivity contribution in [3.63, 3.8) is 0 Å². The van der Waals surface area contributed by atoms with E-state index < -0.39 is 5.97 Å². The van der Waals surface area contributed by atoms with Crippen molar-refractivity contribution in [3.8, 4) is 0 Å². The molecule has 21 heavy (non-hydrogen) atoms. The number of hydrogen-bond acceptors (Lipinski definition) is 4. The Morgan fingerprint density at radius 2 is 2.05 bits per heavy atom. The van der Waals surface area contributed by atoms with Crippen LogP contribution >= 0.6 is 0 Å². The molecule has 0 heterocycles. The summed E-state index contributed by atoms with van der Waals surface area (Å²) in [4.78, 5) is 23.8. The molecule has 0 radical (unpaired) electrons. The van der Waals surface area contributed by atoms with Crippen LogP contribution in [0.25, 0.3) is 0 Å². The molecule has 3 atom stereocenters. The van der Waals surface area contributed by atoms with E-state index in [0.717, 1.165) is 44.6 Å². The molecule has 0 aromatic carbocycles. The normalized spacial score (nSPS) is 32.6. The topological polar surface area (TPSA) is 52.6 Å². The molecule has 3 aliphatic carbocycles. The highest BCUT2D eigenvalue weighted by Gasteiger charge is 2.48. The summed E-state index contributed by atoms with van der Waals surface area (Å²) in [6.45, 7) is 5.43. The van der Waals surface area contributed by atoms with E-state index in [-0.39, 0.29) is 23.4 Å². The first-order valence-corrected chi connectivity index (χ1v) is 7.79. The second-order valence-electron chi connectivity index (χ2n) is 6.72. The SMILES string of the molecule is C=CC(=O)OC1=CC2CC(C(=O)OC3(C)CCCC3)C1C2. The fourth-order valence-corrected chi connectivity index (χ4v) is 3.96. The minimum Gasteiger partial charge on any atom is -0.459 e. The van der Waals surface area contributed by atoms with Crippen LogP contribution in [0.5, 0.6) is 0 Å². The smallest absolute Gasteiger partial charge is 0.335 e. The molecule has 3 aliphatic rings. The Kier molecular flexibility index (Phi) is 3.64. The van der Waals surface area contributed by atoms with Crippen LogP contribution in [-0.4, -0.2) is 17.5 Å². The maximum Gasteiger partial charge on any atom is 0.335 e. The molecule has 0 saturated heterocycles. The van der Waals surface area contributed by atoms with Gasteiger partial charge in [0.15, 0.2) is 0 Å². The number of hydrogen-bond donors (Lipinski definition) is 0. The lowest BCUT2D eigenvalue weighted by Crippen LogP contribution is -2.34. The van der Waals surface area contributed by atoms with Crippen LogP contribution in [0.1, 0.15) is 45.4 Å². The third-order valence-corrected chi connectivity index (χ3v) is 5.06. The summed E-state index contributed by atoms with van der Waals surface area (Å²) < 4.78 is 11.1. The molecule has 0 aromatic rings.